The zero-order valence-corrected chi connectivity index (χ0v) is 41.4. The maximum absolute atomic E-state index is 5.33. The molecule has 0 aliphatic heterocycles. The van der Waals surface area contributed by atoms with Crippen LogP contribution in [0.5, 0.6) is 0 Å². The molecule has 3 nitrogen and oxygen atoms in total. The van der Waals surface area contributed by atoms with Crippen LogP contribution in [-0.4, -0.2) is 15.0 Å². The molecular formula is C72H45N3. The summed E-state index contributed by atoms with van der Waals surface area (Å²) in [5, 5.41) is 15.5. The van der Waals surface area contributed by atoms with Gasteiger partial charge in [-0.05, 0) is 174 Å². The normalized spacial score (nSPS) is 13.0. The highest BCUT2D eigenvalue weighted by molar-refractivity contribution is 6.47. The van der Waals surface area contributed by atoms with Crippen molar-refractivity contribution in [2.75, 3.05) is 0 Å². The van der Waals surface area contributed by atoms with Crippen LogP contribution in [0.15, 0.2) is 237 Å². The van der Waals surface area contributed by atoms with Crippen LogP contribution in [0.25, 0.3) is 154 Å². The van der Waals surface area contributed by atoms with Gasteiger partial charge >= 0.3 is 0 Å². The molecule has 15 aromatic rings. The van der Waals surface area contributed by atoms with E-state index in [2.05, 4.69) is 214 Å². The topological polar surface area (TPSA) is 38.7 Å². The zero-order valence-electron chi connectivity index (χ0n) is 41.4. The van der Waals surface area contributed by atoms with E-state index < -0.39 is 0 Å². The molecule has 0 unspecified atom stereocenters. The van der Waals surface area contributed by atoms with Crippen molar-refractivity contribution in [2.45, 2.75) is 19.3 Å². The fourth-order valence-corrected chi connectivity index (χ4v) is 13.0. The number of hydrogen-bond donors (Lipinski definition) is 0. The average molecular weight is 952 g/mol. The van der Waals surface area contributed by atoms with Crippen LogP contribution in [0.2, 0.25) is 0 Å². The first-order chi connectivity index (χ1) is 36.9. The van der Waals surface area contributed by atoms with E-state index in [4.69, 9.17) is 15.0 Å². The minimum Gasteiger partial charge on any atom is -0.208 e. The molecule has 0 radical (unpaired) electrons. The minimum absolute atomic E-state index is 0.160. The lowest BCUT2D eigenvalue weighted by atomic mass is 9.78. The van der Waals surface area contributed by atoms with Crippen LogP contribution in [0.4, 0.5) is 0 Å². The molecule has 0 amide bonds. The number of fused-ring (bicyclic) bond motifs is 3. The highest BCUT2D eigenvalue weighted by Crippen LogP contribution is 2.55. The van der Waals surface area contributed by atoms with Crippen LogP contribution < -0.4 is 0 Å². The Morgan fingerprint density at radius 2 is 0.667 bits per heavy atom. The van der Waals surface area contributed by atoms with E-state index in [1.807, 2.05) is 36.4 Å². The predicted octanol–water partition coefficient (Wildman–Crippen LogP) is 19.1. The Morgan fingerprint density at radius 1 is 0.240 bits per heavy atom. The third-order valence-corrected chi connectivity index (χ3v) is 16.5. The number of hydrogen-bond acceptors (Lipinski definition) is 3. The zero-order chi connectivity index (χ0) is 49.5. The summed E-state index contributed by atoms with van der Waals surface area (Å²) in [6.07, 6.45) is 0. The summed E-state index contributed by atoms with van der Waals surface area (Å²) in [5.74, 6) is 1.90. The second-order valence-corrected chi connectivity index (χ2v) is 21.0. The van der Waals surface area contributed by atoms with E-state index in [1.165, 1.54) is 115 Å². The van der Waals surface area contributed by atoms with Gasteiger partial charge in [0.25, 0.3) is 0 Å². The molecule has 1 aromatic heterocycles. The van der Waals surface area contributed by atoms with Gasteiger partial charge in [-0.2, -0.15) is 0 Å². The summed E-state index contributed by atoms with van der Waals surface area (Å²) < 4.78 is 0. The van der Waals surface area contributed by atoms with Crippen LogP contribution in [0, 0.1) is 0 Å². The van der Waals surface area contributed by atoms with Crippen molar-refractivity contribution in [3.8, 4) is 89.8 Å². The van der Waals surface area contributed by atoms with Gasteiger partial charge < -0.3 is 0 Å². The molecule has 0 spiro atoms. The lowest BCUT2D eigenvalue weighted by Gasteiger charge is -2.25. The van der Waals surface area contributed by atoms with Crippen molar-refractivity contribution in [1.29, 1.82) is 0 Å². The van der Waals surface area contributed by atoms with Gasteiger partial charge in [0.1, 0.15) is 0 Å². The van der Waals surface area contributed by atoms with Crippen molar-refractivity contribution in [3.63, 3.8) is 0 Å². The molecule has 14 aromatic carbocycles. The second kappa shape index (κ2) is 15.7. The van der Waals surface area contributed by atoms with Gasteiger partial charge in [0.15, 0.2) is 17.5 Å². The molecule has 0 saturated carbocycles. The fourth-order valence-electron chi connectivity index (χ4n) is 13.0. The smallest absolute Gasteiger partial charge is 0.164 e. The first-order valence-corrected chi connectivity index (χ1v) is 26.0. The van der Waals surface area contributed by atoms with Gasteiger partial charge in [0.05, 0.1) is 0 Å². The average Bonchev–Trinajstić information content (AvgIpc) is 3.72. The highest BCUT2D eigenvalue weighted by atomic mass is 15.0. The van der Waals surface area contributed by atoms with E-state index in [-0.39, 0.29) is 5.41 Å². The Kier molecular flexibility index (Phi) is 8.80. The molecule has 16 rings (SSSR count). The largest absolute Gasteiger partial charge is 0.208 e. The summed E-state index contributed by atoms with van der Waals surface area (Å²) >= 11 is 0. The molecule has 0 saturated heterocycles. The second-order valence-electron chi connectivity index (χ2n) is 21.0. The van der Waals surface area contributed by atoms with Crippen molar-refractivity contribution < 1.29 is 0 Å². The van der Waals surface area contributed by atoms with Gasteiger partial charge in [-0.3, -0.25) is 0 Å². The Morgan fingerprint density at radius 3 is 1.31 bits per heavy atom. The fraction of sp³-hybridized carbons (Fsp3) is 0.0417. The molecule has 3 heteroatoms. The van der Waals surface area contributed by atoms with Crippen molar-refractivity contribution in [1.82, 2.24) is 15.0 Å². The maximum Gasteiger partial charge on any atom is 0.164 e. The Labute approximate surface area is 434 Å². The highest BCUT2D eigenvalue weighted by Gasteiger charge is 2.35. The molecule has 75 heavy (non-hydrogen) atoms. The van der Waals surface area contributed by atoms with Crippen LogP contribution in [0.3, 0.4) is 0 Å². The van der Waals surface area contributed by atoms with E-state index in [9.17, 15) is 0 Å². The molecule has 0 atom stereocenters. The Balaban J connectivity index is 1.00. The summed E-state index contributed by atoms with van der Waals surface area (Å²) in [7, 11) is 0. The van der Waals surface area contributed by atoms with Crippen LogP contribution >= 0.6 is 0 Å². The van der Waals surface area contributed by atoms with E-state index in [0.717, 1.165) is 33.4 Å². The number of benzene rings is 14. The third kappa shape index (κ3) is 6.19. The van der Waals surface area contributed by atoms with Gasteiger partial charge in [0, 0.05) is 22.1 Å². The molecular weight excluding hydrogens is 907 g/mol. The van der Waals surface area contributed by atoms with E-state index in [0.29, 0.717) is 17.5 Å². The molecule has 0 bridgehead atoms. The van der Waals surface area contributed by atoms with Crippen molar-refractivity contribution in [3.05, 3.63) is 248 Å². The van der Waals surface area contributed by atoms with Crippen LogP contribution in [-0.2, 0) is 5.41 Å². The number of rotatable bonds is 7. The first-order valence-electron chi connectivity index (χ1n) is 26.0. The monoisotopic (exact) mass is 951 g/mol. The first kappa shape index (κ1) is 42.0. The van der Waals surface area contributed by atoms with Gasteiger partial charge in [-0.15, -0.1) is 0 Å². The standard InChI is InChI=1S/C72H45N3/c1-72(2)61-26-16-15-25-53(61)54-32-30-47(40-62(54)72)50-35-51(37-52(36-50)71-74-69(45-21-11-5-12-22-45)73-70(75-71)46-23-13-6-14-24-46)58-39-49-31-34-56-59(43-19-9-4-10-20-43)41-60-57(42-17-7-3-8-18-42)38-48-28-27-44-29-33-55(58)66-63(44)64(48)68(60)67(56)65(49)66/h3-41H,1-2H3. The Hall–Kier alpha value is -9.57. The van der Waals surface area contributed by atoms with E-state index in [1.54, 1.807) is 0 Å². The minimum atomic E-state index is -0.160. The van der Waals surface area contributed by atoms with Crippen molar-refractivity contribution >= 4 is 64.6 Å². The molecule has 0 N–H and O–H groups in total. The molecule has 1 heterocycles. The SMILES string of the molecule is CC1(C)c2ccccc2-c2ccc(-c3cc(-c4nc(-c5ccccc5)nc(-c5ccccc5)n4)cc(-c4cc5ccc6c(-c7ccccc7)cc7c(-c8ccccc8)cc8ccc9ccc4c4c9c8c7c6c54)c3)cc21. The quantitative estimate of drug-likeness (QED) is 0.118. The van der Waals surface area contributed by atoms with Gasteiger partial charge in [0.2, 0.25) is 0 Å². The molecule has 0 fully saturated rings. The lowest BCUT2D eigenvalue weighted by molar-refractivity contribution is 0.660. The van der Waals surface area contributed by atoms with Crippen LogP contribution in [0.1, 0.15) is 25.0 Å². The maximum atomic E-state index is 5.33. The number of aromatic nitrogens is 3. The summed E-state index contributed by atoms with van der Waals surface area (Å²) in [4.78, 5) is 15.8. The Bertz CT molecular complexity index is 4700. The van der Waals surface area contributed by atoms with Gasteiger partial charge in [-0.1, -0.05) is 208 Å². The van der Waals surface area contributed by atoms with Gasteiger partial charge in [-0.25, -0.2) is 15.0 Å². The summed E-state index contributed by atoms with van der Waals surface area (Å²) in [6, 6.07) is 86.9. The van der Waals surface area contributed by atoms with Crippen molar-refractivity contribution in [2.24, 2.45) is 0 Å². The summed E-state index contributed by atoms with van der Waals surface area (Å²) in [6.45, 7) is 4.72. The molecule has 1 aliphatic rings. The lowest BCUT2D eigenvalue weighted by Crippen LogP contribution is -2.14. The number of nitrogens with zero attached hydrogens (tertiary/aromatic N) is 3. The molecule has 348 valence electrons. The third-order valence-electron chi connectivity index (χ3n) is 16.5. The predicted molar refractivity (Wildman–Crippen MR) is 314 cm³/mol. The molecule has 1 aliphatic carbocycles. The van der Waals surface area contributed by atoms with E-state index >= 15 is 0 Å². The summed E-state index contributed by atoms with van der Waals surface area (Å²) in [5.41, 5.74) is 17.5.